The standard InChI is InChI=1S/C6H12N2/c7-6-4-1-5(6)3-8-2-4/h4-6,8H,1-3,7H2. The lowest BCUT2D eigenvalue weighted by Crippen LogP contribution is -2.60. The van der Waals surface area contributed by atoms with Gasteiger partial charge in [-0.05, 0) is 31.3 Å². The van der Waals surface area contributed by atoms with Crippen LogP contribution in [0, 0.1) is 11.8 Å². The Hall–Kier alpha value is -0.0800. The smallest absolute Gasteiger partial charge is 0.0120 e. The first kappa shape index (κ1) is 4.77. The van der Waals surface area contributed by atoms with Gasteiger partial charge < -0.3 is 11.1 Å². The molecule has 2 heterocycles. The van der Waals surface area contributed by atoms with Crippen molar-refractivity contribution in [2.24, 2.45) is 17.6 Å². The molecule has 2 saturated heterocycles. The lowest BCUT2D eigenvalue weighted by Gasteiger charge is -2.47. The molecule has 0 aromatic rings. The van der Waals surface area contributed by atoms with Gasteiger partial charge in [-0.25, -0.2) is 0 Å². The SMILES string of the molecule is NC1C2CNCC1C2. The Morgan fingerprint density at radius 3 is 2.12 bits per heavy atom. The highest BCUT2D eigenvalue weighted by atomic mass is 15.0. The molecule has 8 heavy (non-hydrogen) atoms. The first-order valence-corrected chi connectivity index (χ1v) is 3.34. The largest absolute Gasteiger partial charge is 0.327 e. The average Bonchev–Trinajstić information content (AvgIpc) is 1.89. The third kappa shape index (κ3) is 0.446. The van der Waals surface area contributed by atoms with E-state index in [0.717, 1.165) is 24.9 Å². The molecule has 0 radical (unpaired) electrons. The van der Waals surface area contributed by atoms with Gasteiger partial charge in [-0.1, -0.05) is 0 Å². The summed E-state index contributed by atoms with van der Waals surface area (Å²) >= 11 is 0. The predicted octanol–water partition coefficient (Wildman–Crippen LogP) is -0.447. The summed E-state index contributed by atoms with van der Waals surface area (Å²) in [6.07, 6.45) is 1.38. The Labute approximate surface area is 49.4 Å². The van der Waals surface area contributed by atoms with Gasteiger partial charge >= 0.3 is 0 Å². The van der Waals surface area contributed by atoms with Gasteiger partial charge in [-0.2, -0.15) is 0 Å². The van der Waals surface area contributed by atoms with Crippen LogP contribution >= 0.6 is 0 Å². The highest BCUT2D eigenvalue weighted by Crippen LogP contribution is 2.34. The Kier molecular flexibility index (Phi) is 0.866. The minimum Gasteiger partial charge on any atom is -0.327 e. The van der Waals surface area contributed by atoms with Crippen LogP contribution in [0.4, 0.5) is 0 Å². The molecular formula is C6H12N2. The average molecular weight is 112 g/mol. The fourth-order valence-electron chi connectivity index (χ4n) is 1.79. The molecule has 0 aromatic heterocycles. The van der Waals surface area contributed by atoms with Gasteiger partial charge in [0.05, 0.1) is 0 Å². The second-order valence-corrected chi connectivity index (χ2v) is 2.99. The summed E-state index contributed by atoms with van der Waals surface area (Å²) in [5, 5.41) is 3.33. The van der Waals surface area contributed by atoms with Crippen molar-refractivity contribution in [3.8, 4) is 0 Å². The number of fused-ring (bicyclic) bond motifs is 2. The minimum absolute atomic E-state index is 0.538. The van der Waals surface area contributed by atoms with Gasteiger partial charge in [0.1, 0.15) is 0 Å². The summed E-state index contributed by atoms with van der Waals surface area (Å²) in [6, 6.07) is 0.538. The maximum absolute atomic E-state index is 5.79. The quantitative estimate of drug-likeness (QED) is 0.445. The van der Waals surface area contributed by atoms with E-state index in [1.807, 2.05) is 0 Å². The second kappa shape index (κ2) is 1.45. The van der Waals surface area contributed by atoms with E-state index in [-0.39, 0.29) is 0 Å². The van der Waals surface area contributed by atoms with Crippen molar-refractivity contribution in [1.82, 2.24) is 5.32 Å². The molecule has 2 atom stereocenters. The van der Waals surface area contributed by atoms with Gasteiger partial charge in [0.2, 0.25) is 0 Å². The van der Waals surface area contributed by atoms with Crippen LogP contribution in [0.1, 0.15) is 6.42 Å². The predicted molar refractivity (Wildman–Crippen MR) is 32.4 cm³/mol. The van der Waals surface area contributed by atoms with Crippen molar-refractivity contribution in [1.29, 1.82) is 0 Å². The van der Waals surface area contributed by atoms with Crippen LogP contribution in [-0.4, -0.2) is 19.1 Å². The highest BCUT2D eigenvalue weighted by Gasteiger charge is 2.40. The minimum atomic E-state index is 0.538. The molecule has 2 unspecified atom stereocenters. The maximum atomic E-state index is 5.79. The summed E-state index contributed by atoms with van der Waals surface area (Å²) < 4.78 is 0. The van der Waals surface area contributed by atoms with Gasteiger partial charge in [0.25, 0.3) is 0 Å². The van der Waals surface area contributed by atoms with Crippen LogP contribution in [0.15, 0.2) is 0 Å². The molecule has 46 valence electrons. The number of nitrogens with one attached hydrogen (secondary N) is 1. The molecule has 1 saturated carbocycles. The van der Waals surface area contributed by atoms with Crippen LogP contribution in [0.5, 0.6) is 0 Å². The molecule has 0 spiro atoms. The molecule has 2 bridgehead atoms. The van der Waals surface area contributed by atoms with Crippen LogP contribution in [-0.2, 0) is 0 Å². The van der Waals surface area contributed by atoms with E-state index in [1.54, 1.807) is 0 Å². The van der Waals surface area contributed by atoms with E-state index in [4.69, 9.17) is 5.73 Å². The Balaban J connectivity index is 2.03. The molecule has 1 aliphatic carbocycles. The number of piperidine rings is 2. The normalized spacial score (nSPS) is 52.9. The van der Waals surface area contributed by atoms with Crippen LogP contribution in [0.25, 0.3) is 0 Å². The lowest BCUT2D eigenvalue weighted by atomic mass is 9.67. The molecule has 3 aliphatic rings. The number of hydrogen-bond donors (Lipinski definition) is 2. The van der Waals surface area contributed by atoms with Crippen molar-refractivity contribution in [3.63, 3.8) is 0 Å². The van der Waals surface area contributed by atoms with Crippen molar-refractivity contribution < 1.29 is 0 Å². The van der Waals surface area contributed by atoms with E-state index in [1.165, 1.54) is 6.42 Å². The summed E-state index contributed by atoms with van der Waals surface area (Å²) in [6.45, 7) is 2.33. The fourth-order valence-corrected chi connectivity index (χ4v) is 1.79. The Morgan fingerprint density at radius 2 is 1.88 bits per heavy atom. The Bertz CT molecular complexity index is 88.7. The molecule has 0 amide bonds. The summed E-state index contributed by atoms with van der Waals surface area (Å²) in [4.78, 5) is 0. The number of rotatable bonds is 0. The zero-order chi connectivity index (χ0) is 5.56. The molecule has 3 rings (SSSR count). The van der Waals surface area contributed by atoms with Crippen molar-refractivity contribution in [3.05, 3.63) is 0 Å². The summed E-state index contributed by atoms with van der Waals surface area (Å²) in [5.74, 6) is 1.63. The maximum Gasteiger partial charge on any atom is 0.0120 e. The van der Waals surface area contributed by atoms with E-state index >= 15 is 0 Å². The monoisotopic (exact) mass is 112 g/mol. The molecule has 2 nitrogen and oxygen atoms in total. The van der Waals surface area contributed by atoms with Gasteiger partial charge in [-0.3, -0.25) is 0 Å². The number of hydrogen-bond acceptors (Lipinski definition) is 2. The van der Waals surface area contributed by atoms with Crippen LogP contribution in [0.3, 0.4) is 0 Å². The lowest BCUT2D eigenvalue weighted by molar-refractivity contribution is 0.0955. The van der Waals surface area contributed by atoms with Crippen LogP contribution in [0.2, 0.25) is 0 Å². The molecule has 3 N–H and O–H groups in total. The topological polar surface area (TPSA) is 38.0 Å². The van der Waals surface area contributed by atoms with Gasteiger partial charge in [0, 0.05) is 6.04 Å². The molecule has 3 fully saturated rings. The van der Waals surface area contributed by atoms with E-state index < -0.39 is 0 Å². The van der Waals surface area contributed by atoms with E-state index in [9.17, 15) is 0 Å². The first-order chi connectivity index (χ1) is 3.88. The molecule has 0 aromatic carbocycles. The van der Waals surface area contributed by atoms with Crippen molar-refractivity contribution >= 4 is 0 Å². The third-order valence-corrected chi connectivity index (χ3v) is 2.51. The zero-order valence-electron chi connectivity index (χ0n) is 4.93. The first-order valence-electron chi connectivity index (χ1n) is 3.34. The summed E-state index contributed by atoms with van der Waals surface area (Å²) in [7, 11) is 0. The van der Waals surface area contributed by atoms with E-state index in [0.29, 0.717) is 6.04 Å². The fraction of sp³-hybridized carbons (Fsp3) is 1.00. The van der Waals surface area contributed by atoms with Gasteiger partial charge in [-0.15, -0.1) is 0 Å². The second-order valence-electron chi connectivity index (χ2n) is 2.99. The van der Waals surface area contributed by atoms with Gasteiger partial charge in [0.15, 0.2) is 0 Å². The molecule has 2 heteroatoms. The number of nitrogens with two attached hydrogens (primary N) is 1. The molecule has 2 aliphatic heterocycles. The third-order valence-electron chi connectivity index (χ3n) is 2.51. The van der Waals surface area contributed by atoms with Crippen LogP contribution < -0.4 is 11.1 Å². The molecular weight excluding hydrogens is 100 g/mol. The Morgan fingerprint density at radius 1 is 1.25 bits per heavy atom. The van der Waals surface area contributed by atoms with Crippen molar-refractivity contribution in [2.75, 3.05) is 13.1 Å². The summed E-state index contributed by atoms with van der Waals surface area (Å²) in [5.41, 5.74) is 5.79. The van der Waals surface area contributed by atoms with E-state index in [2.05, 4.69) is 5.32 Å². The highest BCUT2D eigenvalue weighted by molar-refractivity contribution is 4.98. The van der Waals surface area contributed by atoms with Crippen molar-refractivity contribution in [2.45, 2.75) is 12.5 Å². The zero-order valence-corrected chi connectivity index (χ0v) is 4.93.